The molecule has 1 atom stereocenters. The zero-order valence-corrected chi connectivity index (χ0v) is 18.1. The zero-order valence-electron chi connectivity index (χ0n) is 17.3. The Hall–Kier alpha value is -2.61. The van der Waals surface area contributed by atoms with Crippen LogP contribution in [0.25, 0.3) is 0 Å². The van der Waals surface area contributed by atoms with Crippen LogP contribution in [0.4, 0.5) is 0 Å². The van der Waals surface area contributed by atoms with Crippen LogP contribution in [-0.2, 0) is 11.2 Å². The number of hydrogen-bond donors (Lipinski definition) is 1. The molecule has 0 saturated carbocycles. The van der Waals surface area contributed by atoms with Gasteiger partial charge in [0.1, 0.15) is 6.04 Å². The van der Waals surface area contributed by atoms with Crippen LogP contribution in [0.5, 0.6) is 11.5 Å². The van der Waals surface area contributed by atoms with Gasteiger partial charge in [0.05, 0.1) is 20.5 Å². The highest BCUT2D eigenvalue weighted by Crippen LogP contribution is 2.27. The zero-order chi connectivity index (χ0) is 21.2. The number of likely N-dealkylation sites (N-methyl/N-ethyl adjacent to an activating group) is 1. The molecule has 0 aliphatic carbocycles. The third kappa shape index (κ3) is 6.45. The average molecular weight is 421 g/mol. The number of furan rings is 1. The van der Waals surface area contributed by atoms with Crippen molar-refractivity contribution in [1.29, 1.82) is 0 Å². The number of carbonyl (C=O) groups excluding carboxylic acids is 2. The normalized spacial score (nSPS) is 11.6. The summed E-state index contributed by atoms with van der Waals surface area (Å²) >= 11 is 1.63. The maximum atomic E-state index is 12.9. The van der Waals surface area contributed by atoms with Crippen LogP contribution in [0.2, 0.25) is 0 Å². The van der Waals surface area contributed by atoms with Crippen molar-refractivity contribution in [2.75, 3.05) is 39.8 Å². The Kier molecular flexibility index (Phi) is 8.92. The second-order valence-corrected chi connectivity index (χ2v) is 7.47. The smallest absolute Gasteiger partial charge is 0.287 e. The summed E-state index contributed by atoms with van der Waals surface area (Å²) in [4.78, 5) is 26.9. The molecule has 2 amide bonds. The van der Waals surface area contributed by atoms with E-state index in [4.69, 9.17) is 13.9 Å². The van der Waals surface area contributed by atoms with Crippen LogP contribution in [0.1, 0.15) is 22.5 Å². The average Bonchev–Trinajstić information content (AvgIpc) is 3.29. The molecule has 0 saturated heterocycles. The molecule has 0 bridgehead atoms. The van der Waals surface area contributed by atoms with Crippen LogP contribution in [-0.4, -0.2) is 62.6 Å². The SMILES string of the molecule is COc1ccc(CCN(C)C(=O)[C@@H](CCSC)NC(=O)c2ccco2)cc1OC. The topological polar surface area (TPSA) is 81.0 Å². The van der Waals surface area contributed by atoms with Crippen molar-refractivity contribution in [2.45, 2.75) is 18.9 Å². The third-order valence-electron chi connectivity index (χ3n) is 4.52. The molecule has 1 aromatic heterocycles. The van der Waals surface area contributed by atoms with Gasteiger partial charge in [-0.05, 0) is 54.7 Å². The molecule has 8 heteroatoms. The van der Waals surface area contributed by atoms with Gasteiger partial charge in [-0.15, -0.1) is 0 Å². The summed E-state index contributed by atoms with van der Waals surface area (Å²) in [5, 5.41) is 2.79. The fraction of sp³-hybridized carbons (Fsp3) is 0.429. The number of nitrogens with one attached hydrogen (secondary N) is 1. The number of hydrogen-bond acceptors (Lipinski definition) is 6. The van der Waals surface area contributed by atoms with E-state index in [0.717, 1.165) is 11.3 Å². The van der Waals surface area contributed by atoms with E-state index in [1.165, 1.54) is 6.26 Å². The molecule has 0 unspecified atom stereocenters. The monoisotopic (exact) mass is 420 g/mol. The predicted octanol–water partition coefficient (Wildman–Crippen LogP) is 2.85. The van der Waals surface area contributed by atoms with Gasteiger partial charge in [-0.2, -0.15) is 11.8 Å². The Balaban J connectivity index is 1.99. The van der Waals surface area contributed by atoms with E-state index in [0.29, 0.717) is 30.9 Å². The summed E-state index contributed by atoms with van der Waals surface area (Å²) in [6.45, 7) is 0.515. The standard InChI is InChI=1S/C21H28N2O5S/c1-23(11-9-15-7-8-17(26-2)19(14-15)27-3)21(25)16(10-13-29-4)22-20(24)18-6-5-12-28-18/h5-8,12,14,16H,9-11,13H2,1-4H3,(H,22,24)/t16-/m1/s1. The Bertz CT molecular complexity index is 794. The van der Waals surface area contributed by atoms with Gasteiger partial charge in [-0.25, -0.2) is 0 Å². The van der Waals surface area contributed by atoms with Gasteiger partial charge in [0.15, 0.2) is 17.3 Å². The van der Waals surface area contributed by atoms with Crippen molar-refractivity contribution in [1.82, 2.24) is 10.2 Å². The molecule has 0 radical (unpaired) electrons. The van der Waals surface area contributed by atoms with Crippen molar-refractivity contribution < 1.29 is 23.5 Å². The van der Waals surface area contributed by atoms with Gasteiger partial charge in [-0.1, -0.05) is 6.07 Å². The van der Waals surface area contributed by atoms with Gasteiger partial charge in [0, 0.05) is 13.6 Å². The molecule has 29 heavy (non-hydrogen) atoms. The summed E-state index contributed by atoms with van der Waals surface area (Å²) in [5.41, 5.74) is 1.03. The molecule has 1 N–H and O–H groups in total. The number of rotatable bonds is 11. The molecule has 7 nitrogen and oxygen atoms in total. The van der Waals surface area contributed by atoms with Crippen LogP contribution in [0, 0.1) is 0 Å². The predicted molar refractivity (Wildman–Crippen MR) is 114 cm³/mol. The second-order valence-electron chi connectivity index (χ2n) is 6.48. The van der Waals surface area contributed by atoms with Crippen LogP contribution in [0.3, 0.4) is 0 Å². The summed E-state index contributed by atoms with van der Waals surface area (Å²) in [6, 6.07) is 8.32. The Morgan fingerprint density at radius 1 is 1.21 bits per heavy atom. The summed E-state index contributed by atoms with van der Waals surface area (Å²) in [5.74, 6) is 1.77. The minimum atomic E-state index is -0.601. The lowest BCUT2D eigenvalue weighted by Crippen LogP contribution is -2.48. The van der Waals surface area contributed by atoms with E-state index >= 15 is 0 Å². The fourth-order valence-corrected chi connectivity index (χ4v) is 3.31. The maximum absolute atomic E-state index is 12.9. The van der Waals surface area contributed by atoms with Crippen LogP contribution in [0.15, 0.2) is 41.0 Å². The molecule has 0 aliphatic heterocycles. The molecule has 2 rings (SSSR count). The van der Waals surface area contributed by atoms with Crippen molar-refractivity contribution in [3.63, 3.8) is 0 Å². The highest BCUT2D eigenvalue weighted by molar-refractivity contribution is 7.98. The molecule has 2 aromatic rings. The summed E-state index contributed by atoms with van der Waals surface area (Å²) < 4.78 is 15.7. The van der Waals surface area contributed by atoms with Crippen molar-refractivity contribution in [2.24, 2.45) is 0 Å². The van der Waals surface area contributed by atoms with E-state index in [1.54, 1.807) is 50.1 Å². The van der Waals surface area contributed by atoms with E-state index in [-0.39, 0.29) is 17.6 Å². The van der Waals surface area contributed by atoms with Gasteiger partial charge < -0.3 is 24.1 Å². The lowest BCUT2D eigenvalue weighted by atomic mass is 10.1. The minimum Gasteiger partial charge on any atom is -0.493 e. The number of ether oxygens (including phenoxy) is 2. The van der Waals surface area contributed by atoms with Crippen molar-refractivity contribution in [3.8, 4) is 11.5 Å². The summed E-state index contributed by atoms with van der Waals surface area (Å²) in [7, 11) is 4.93. The van der Waals surface area contributed by atoms with E-state index in [1.807, 2.05) is 24.5 Å². The van der Waals surface area contributed by atoms with Crippen molar-refractivity contribution >= 4 is 23.6 Å². The first-order chi connectivity index (χ1) is 14.0. The number of amides is 2. The summed E-state index contributed by atoms with van der Waals surface area (Å²) in [6.07, 6.45) is 4.61. The Morgan fingerprint density at radius 2 is 1.97 bits per heavy atom. The first kappa shape index (κ1) is 22.7. The van der Waals surface area contributed by atoms with Crippen molar-refractivity contribution in [3.05, 3.63) is 47.9 Å². The lowest BCUT2D eigenvalue weighted by molar-refractivity contribution is -0.131. The molecule has 158 valence electrons. The quantitative estimate of drug-likeness (QED) is 0.602. The molecule has 0 aliphatic rings. The third-order valence-corrected chi connectivity index (χ3v) is 5.16. The minimum absolute atomic E-state index is 0.126. The Morgan fingerprint density at radius 3 is 2.59 bits per heavy atom. The van der Waals surface area contributed by atoms with Gasteiger partial charge in [-0.3, -0.25) is 9.59 Å². The van der Waals surface area contributed by atoms with Crippen LogP contribution < -0.4 is 14.8 Å². The largest absolute Gasteiger partial charge is 0.493 e. The molecular formula is C21H28N2O5S. The van der Waals surface area contributed by atoms with E-state index in [2.05, 4.69) is 5.32 Å². The molecule has 1 aromatic carbocycles. The van der Waals surface area contributed by atoms with Gasteiger partial charge in [0.25, 0.3) is 5.91 Å². The first-order valence-electron chi connectivity index (χ1n) is 9.29. The maximum Gasteiger partial charge on any atom is 0.287 e. The van der Waals surface area contributed by atoms with E-state index < -0.39 is 6.04 Å². The number of benzene rings is 1. The highest BCUT2D eigenvalue weighted by Gasteiger charge is 2.25. The molecular weight excluding hydrogens is 392 g/mol. The Labute approximate surface area is 175 Å². The molecule has 0 spiro atoms. The highest BCUT2D eigenvalue weighted by atomic mass is 32.2. The fourth-order valence-electron chi connectivity index (χ4n) is 2.84. The molecule has 1 heterocycles. The lowest BCUT2D eigenvalue weighted by Gasteiger charge is -2.24. The second kappa shape index (κ2) is 11.4. The van der Waals surface area contributed by atoms with Crippen LogP contribution >= 0.6 is 11.8 Å². The number of methoxy groups -OCH3 is 2. The van der Waals surface area contributed by atoms with Gasteiger partial charge >= 0.3 is 0 Å². The number of carbonyl (C=O) groups is 2. The van der Waals surface area contributed by atoms with E-state index in [9.17, 15) is 9.59 Å². The number of thioether (sulfide) groups is 1. The first-order valence-corrected chi connectivity index (χ1v) is 10.7. The molecule has 0 fully saturated rings. The van der Waals surface area contributed by atoms with Gasteiger partial charge in [0.2, 0.25) is 5.91 Å². The number of nitrogens with zero attached hydrogens (tertiary/aromatic N) is 1.